The molecule has 3 N–H and O–H groups in total. The van der Waals surface area contributed by atoms with Gasteiger partial charge in [0.2, 0.25) is 5.91 Å². The Kier molecular flexibility index (Phi) is 5.66. The highest BCUT2D eigenvalue weighted by Crippen LogP contribution is 2.08. The fourth-order valence-electron chi connectivity index (χ4n) is 1.45. The predicted octanol–water partition coefficient (Wildman–Crippen LogP) is 0.754. The van der Waals surface area contributed by atoms with Crippen molar-refractivity contribution in [3.63, 3.8) is 0 Å². The molecule has 1 unspecified atom stereocenters. The summed E-state index contributed by atoms with van der Waals surface area (Å²) in [5, 5.41) is 2.84. The Morgan fingerprint density at radius 3 is 2.65 bits per heavy atom. The van der Waals surface area contributed by atoms with Crippen molar-refractivity contribution in [3.05, 3.63) is 35.9 Å². The lowest BCUT2D eigenvalue weighted by Crippen LogP contribution is -2.38. The quantitative estimate of drug-likeness (QED) is 0.765. The van der Waals surface area contributed by atoms with Crippen LogP contribution in [0.1, 0.15) is 18.5 Å². The molecule has 0 radical (unpaired) electrons. The molecule has 0 bridgehead atoms. The van der Waals surface area contributed by atoms with Gasteiger partial charge in [-0.25, -0.2) is 0 Å². The second kappa shape index (κ2) is 7.04. The van der Waals surface area contributed by atoms with Crippen molar-refractivity contribution in [1.82, 2.24) is 10.2 Å². The van der Waals surface area contributed by atoms with Crippen LogP contribution in [0.2, 0.25) is 0 Å². The predicted molar refractivity (Wildman–Crippen MR) is 69.6 cm³/mol. The number of hydrogen-bond donors (Lipinski definition) is 2. The molecule has 0 aliphatic carbocycles. The summed E-state index contributed by atoms with van der Waals surface area (Å²) in [5.41, 5.74) is 6.70. The van der Waals surface area contributed by atoms with Gasteiger partial charge in [0.05, 0.1) is 0 Å². The van der Waals surface area contributed by atoms with Crippen molar-refractivity contribution < 1.29 is 4.79 Å². The Labute approximate surface area is 103 Å². The van der Waals surface area contributed by atoms with Crippen LogP contribution in [0.25, 0.3) is 0 Å². The zero-order chi connectivity index (χ0) is 12.7. The molecule has 0 fully saturated rings. The lowest BCUT2D eigenvalue weighted by Gasteiger charge is -2.16. The number of nitrogens with one attached hydrogen (secondary N) is 1. The molecule has 17 heavy (non-hydrogen) atoms. The van der Waals surface area contributed by atoms with Crippen LogP contribution in [0.4, 0.5) is 0 Å². The molecule has 0 spiro atoms. The van der Waals surface area contributed by atoms with Crippen LogP contribution in [0.3, 0.4) is 0 Å². The number of rotatable bonds is 6. The zero-order valence-electron chi connectivity index (χ0n) is 10.5. The zero-order valence-corrected chi connectivity index (χ0v) is 10.5. The first-order valence-corrected chi connectivity index (χ1v) is 5.92. The minimum atomic E-state index is -0.580. The third-order valence-electron chi connectivity index (χ3n) is 2.77. The standard InChI is InChI=1S/C13H21N3O/c1-3-16(2)10-9-15-13(17)12(14)11-7-5-4-6-8-11/h4-8,12H,3,9-10,14H2,1-2H3,(H,15,17). The molecule has 0 saturated heterocycles. The van der Waals surface area contributed by atoms with Crippen molar-refractivity contribution in [3.8, 4) is 0 Å². The van der Waals surface area contributed by atoms with Gasteiger partial charge in [0, 0.05) is 13.1 Å². The third kappa shape index (κ3) is 4.54. The summed E-state index contributed by atoms with van der Waals surface area (Å²) in [4.78, 5) is 13.9. The monoisotopic (exact) mass is 235 g/mol. The molecule has 0 heterocycles. The van der Waals surface area contributed by atoms with Crippen LogP contribution in [-0.4, -0.2) is 37.5 Å². The van der Waals surface area contributed by atoms with Gasteiger partial charge in [-0.1, -0.05) is 37.3 Å². The molecule has 1 aromatic carbocycles. The first-order chi connectivity index (χ1) is 8.15. The fourth-order valence-corrected chi connectivity index (χ4v) is 1.45. The van der Waals surface area contributed by atoms with Gasteiger partial charge < -0.3 is 16.0 Å². The fraction of sp³-hybridized carbons (Fsp3) is 0.462. The molecule has 4 heteroatoms. The van der Waals surface area contributed by atoms with E-state index in [0.29, 0.717) is 6.54 Å². The topological polar surface area (TPSA) is 58.4 Å². The second-order valence-electron chi connectivity index (χ2n) is 4.08. The summed E-state index contributed by atoms with van der Waals surface area (Å²) in [6.45, 7) is 4.52. The van der Waals surface area contributed by atoms with Gasteiger partial charge in [-0.15, -0.1) is 0 Å². The molecule has 1 atom stereocenters. The molecule has 1 amide bonds. The highest BCUT2D eigenvalue weighted by molar-refractivity contribution is 5.82. The van der Waals surface area contributed by atoms with Crippen LogP contribution in [0.15, 0.2) is 30.3 Å². The molecule has 1 aromatic rings. The van der Waals surface area contributed by atoms with E-state index in [4.69, 9.17) is 5.73 Å². The van der Waals surface area contributed by atoms with Crippen LogP contribution >= 0.6 is 0 Å². The number of carbonyl (C=O) groups excluding carboxylic acids is 1. The van der Waals surface area contributed by atoms with Gasteiger partial charge in [-0.05, 0) is 19.2 Å². The number of likely N-dealkylation sites (N-methyl/N-ethyl adjacent to an activating group) is 1. The molecule has 94 valence electrons. The molecule has 0 aliphatic rings. The van der Waals surface area contributed by atoms with Gasteiger partial charge in [0.15, 0.2) is 0 Å². The molecule has 1 rings (SSSR count). The molecular weight excluding hydrogens is 214 g/mol. The number of carbonyl (C=O) groups is 1. The number of amides is 1. The summed E-state index contributed by atoms with van der Waals surface area (Å²) >= 11 is 0. The van der Waals surface area contributed by atoms with Gasteiger partial charge in [0.1, 0.15) is 6.04 Å². The molecule has 0 saturated carbocycles. The molecule has 4 nitrogen and oxygen atoms in total. The summed E-state index contributed by atoms with van der Waals surface area (Å²) in [6.07, 6.45) is 0. The number of nitrogens with two attached hydrogens (primary N) is 1. The number of benzene rings is 1. The molecule has 0 aliphatic heterocycles. The smallest absolute Gasteiger partial charge is 0.241 e. The number of hydrogen-bond acceptors (Lipinski definition) is 3. The highest BCUT2D eigenvalue weighted by Gasteiger charge is 2.14. The summed E-state index contributed by atoms with van der Waals surface area (Å²) < 4.78 is 0. The summed E-state index contributed by atoms with van der Waals surface area (Å²) in [7, 11) is 2.02. The number of nitrogens with zero attached hydrogens (tertiary/aromatic N) is 1. The summed E-state index contributed by atoms with van der Waals surface area (Å²) in [5.74, 6) is -0.124. The van der Waals surface area contributed by atoms with Crippen molar-refractivity contribution in [1.29, 1.82) is 0 Å². The van der Waals surface area contributed by atoms with E-state index in [-0.39, 0.29) is 5.91 Å². The van der Waals surface area contributed by atoms with Crippen LogP contribution in [0.5, 0.6) is 0 Å². The first kappa shape index (κ1) is 13.7. The van der Waals surface area contributed by atoms with E-state index in [1.54, 1.807) is 0 Å². The maximum absolute atomic E-state index is 11.8. The lowest BCUT2D eigenvalue weighted by molar-refractivity contribution is -0.122. The van der Waals surface area contributed by atoms with E-state index in [2.05, 4.69) is 17.1 Å². The Hall–Kier alpha value is -1.39. The molecule has 0 aromatic heterocycles. The Bertz CT molecular complexity index is 340. The van der Waals surface area contributed by atoms with Crippen molar-refractivity contribution in [2.24, 2.45) is 5.73 Å². The van der Waals surface area contributed by atoms with E-state index in [0.717, 1.165) is 18.7 Å². The van der Waals surface area contributed by atoms with E-state index in [1.807, 2.05) is 37.4 Å². The van der Waals surface area contributed by atoms with E-state index in [9.17, 15) is 4.79 Å². The van der Waals surface area contributed by atoms with Gasteiger partial charge in [-0.3, -0.25) is 4.79 Å². The van der Waals surface area contributed by atoms with Crippen molar-refractivity contribution >= 4 is 5.91 Å². The van der Waals surface area contributed by atoms with Crippen LogP contribution in [0, 0.1) is 0 Å². The van der Waals surface area contributed by atoms with Crippen molar-refractivity contribution in [2.45, 2.75) is 13.0 Å². The Balaban J connectivity index is 2.38. The van der Waals surface area contributed by atoms with E-state index in [1.165, 1.54) is 0 Å². The highest BCUT2D eigenvalue weighted by atomic mass is 16.2. The van der Waals surface area contributed by atoms with E-state index < -0.39 is 6.04 Å². The van der Waals surface area contributed by atoms with E-state index >= 15 is 0 Å². The largest absolute Gasteiger partial charge is 0.353 e. The average molecular weight is 235 g/mol. The Morgan fingerprint density at radius 1 is 1.41 bits per heavy atom. The van der Waals surface area contributed by atoms with Gasteiger partial charge in [-0.2, -0.15) is 0 Å². The lowest BCUT2D eigenvalue weighted by atomic mass is 10.1. The minimum absolute atomic E-state index is 0.124. The molecular formula is C13H21N3O. The second-order valence-corrected chi connectivity index (χ2v) is 4.08. The van der Waals surface area contributed by atoms with Gasteiger partial charge in [0.25, 0.3) is 0 Å². The Morgan fingerprint density at radius 2 is 2.06 bits per heavy atom. The van der Waals surface area contributed by atoms with Gasteiger partial charge >= 0.3 is 0 Å². The van der Waals surface area contributed by atoms with Crippen molar-refractivity contribution in [2.75, 3.05) is 26.7 Å². The summed E-state index contributed by atoms with van der Waals surface area (Å²) in [6, 6.07) is 8.82. The maximum atomic E-state index is 11.8. The third-order valence-corrected chi connectivity index (χ3v) is 2.77. The van der Waals surface area contributed by atoms with Crippen LogP contribution < -0.4 is 11.1 Å². The minimum Gasteiger partial charge on any atom is -0.353 e. The van der Waals surface area contributed by atoms with Crippen LogP contribution in [-0.2, 0) is 4.79 Å². The maximum Gasteiger partial charge on any atom is 0.241 e. The average Bonchev–Trinajstić information content (AvgIpc) is 2.38. The first-order valence-electron chi connectivity index (χ1n) is 5.92. The SMILES string of the molecule is CCN(C)CCNC(=O)C(N)c1ccccc1. The normalized spacial score (nSPS) is 12.5.